The van der Waals surface area contributed by atoms with Crippen LogP contribution in [0.1, 0.15) is 12.5 Å². The summed E-state index contributed by atoms with van der Waals surface area (Å²) in [6.07, 6.45) is 1.41. The van der Waals surface area contributed by atoms with Crippen molar-refractivity contribution in [2.75, 3.05) is 62.2 Å². The number of piperazine rings is 2. The van der Waals surface area contributed by atoms with E-state index < -0.39 is 0 Å². The molecule has 4 rings (SSSR count). The first-order valence-corrected chi connectivity index (χ1v) is 10.5. The minimum Gasteiger partial charge on any atom is -0.348 e. The summed E-state index contributed by atoms with van der Waals surface area (Å²) in [7, 11) is 0. The normalized spacial score (nSPS) is 17.6. The van der Waals surface area contributed by atoms with Crippen LogP contribution in [-0.4, -0.2) is 83.0 Å². The molecule has 2 saturated heterocycles. The monoisotopic (exact) mass is 425 g/mol. The Labute approximate surface area is 181 Å². The molecule has 1 aromatic heterocycles. The minimum atomic E-state index is -0.377. The summed E-state index contributed by atoms with van der Waals surface area (Å²) < 4.78 is 0. The summed E-state index contributed by atoms with van der Waals surface area (Å²) in [5, 5.41) is 12.0. The molecule has 3 heterocycles. The van der Waals surface area contributed by atoms with E-state index in [1.807, 2.05) is 28.0 Å². The highest BCUT2D eigenvalue weighted by Gasteiger charge is 2.33. The number of benzene rings is 1. The lowest BCUT2D eigenvalue weighted by molar-refractivity contribution is -0.383. The number of nitro groups is 1. The van der Waals surface area contributed by atoms with Crippen LogP contribution < -0.4 is 9.80 Å². The summed E-state index contributed by atoms with van der Waals surface area (Å²) in [5.41, 5.74) is 1.21. The molecule has 2 aromatic rings. The molecule has 0 radical (unpaired) electrons. The molecule has 164 valence electrons. The molecule has 0 N–H and O–H groups in total. The molecule has 31 heavy (non-hydrogen) atoms. The van der Waals surface area contributed by atoms with Gasteiger partial charge in [0.2, 0.25) is 17.5 Å². The van der Waals surface area contributed by atoms with Gasteiger partial charge in [-0.15, -0.1) is 0 Å². The van der Waals surface area contributed by atoms with Crippen LogP contribution in [0.15, 0.2) is 36.7 Å². The van der Waals surface area contributed by atoms with Crippen molar-refractivity contribution in [1.29, 1.82) is 0 Å². The Bertz CT molecular complexity index is 924. The van der Waals surface area contributed by atoms with Gasteiger partial charge in [-0.05, 0) is 5.56 Å². The predicted octanol–water partition coefficient (Wildman–Crippen LogP) is 1.38. The van der Waals surface area contributed by atoms with Crippen molar-refractivity contribution in [1.82, 2.24) is 19.8 Å². The third kappa shape index (κ3) is 4.74. The van der Waals surface area contributed by atoms with Crippen LogP contribution in [0.25, 0.3) is 0 Å². The van der Waals surface area contributed by atoms with Gasteiger partial charge in [0, 0.05) is 65.8 Å². The van der Waals surface area contributed by atoms with Crippen LogP contribution in [0.3, 0.4) is 0 Å². The molecule has 1 aromatic carbocycles. The topological polar surface area (TPSA) is 99.0 Å². The van der Waals surface area contributed by atoms with E-state index in [1.165, 1.54) is 11.9 Å². The molecule has 0 saturated carbocycles. The van der Waals surface area contributed by atoms with Gasteiger partial charge in [-0.25, -0.2) is 9.97 Å². The summed E-state index contributed by atoms with van der Waals surface area (Å²) in [4.78, 5) is 39.7. The highest BCUT2D eigenvalue weighted by molar-refractivity contribution is 5.74. The Hall–Kier alpha value is -3.27. The molecule has 0 bridgehead atoms. The van der Waals surface area contributed by atoms with Gasteiger partial charge in [0.25, 0.3) is 0 Å². The van der Waals surface area contributed by atoms with E-state index in [0.29, 0.717) is 50.9 Å². The average molecular weight is 425 g/mol. The Morgan fingerprint density at radius 1 is 0.935 bits per heavy atom. The molecule has 0 unspecified atom stereocenters. The van der Waals surface area contributed by atoms with Gasteiger partial charge in [-0.1, -0.05) is 30.3 Å². The molecular formula is C21H27N7O3. The molecule has 2 aliphatic rings. The van der Waals surface area contributed by atoms with Gasteiger partial charge in [0.15, 0.2) is 0 Å². The van der Waals surface area contributed by atoms with E-state index in [2.05, 4.69) is 27.0 Å². The zero-order valence-electron chi connectivity index (χ0n) is 17.7. The van der Waals surface area contributed by atoms with E-state index in [0.717, 1.165) is 19.6 Å². The van der Waals surface area contributed by atoms with E-state index in [4.69, 9.17) is 0 Å². The third-order valence-electron chi connectivity index (χ3n) is 5.91. The number of rotatable bonds is 5. The summed E-state index contributed by atoms with van der Waals surface area (Å²) in [6.45, 7) is 7.46. The van der Waals surface area contributed by atoms with Crippen molar-refractivity contribution < 1.29 is 9.72 Å². The fraction of sp³-hybridized carbons (Fsp3) is 0.476. The van der Waals surface area contributed by atoms with Crippen molar-refractivity contribution in [3.05, 3.63) is 52.3 Å². The van der Waals surface area contributed by atoms with Crippen LogP contribution in [0.2, 0.25) is 0 Å². The minimum absolute atomic E-state index is 0.0194. The van der Waals surface area contributed by atoms with Crippen molar-refractivity contribution in [3.8, 4) is 0 Å². The zero-order valence-corrected chi connectivity index (χ0v) is 17.7. The second kappa shape index (κ2) is 9.25. The number of amides is 1. The number of hydrogen-bond acceptors (Lipinski definition) is 8. The van der Waals surface area contributed by atoms with Gasteiger partial charge in [0.05, 0.1) is 4.92 Å². The highest BCUT2D eigenvalue weighted by atomic mass is 16.6. The van der Waals surface area contributed by atoms with E-state index >= 15 is 0 Å². The Morgan fingerprint density at radius 3 is 2.00 bits per heavy atom. The third-order valence-corrected chi connectivity index (χ3v) is 5.91. The molecule has 0 atom stereocenters. The lowest BCUT2D eigenvalue weighted by Gasteiger charge is -2.36. The SMILES string of the molecule is CC(=O)N1CCN(c2ncnc(N3CCN(Cc4ccccc4)CC3)c2[N+](=O)[O-])CC1. The molecule has 10 heteroatoms. The molecule has 2 fully saturated rings. The first-order chi connectivity index (χ1) is 15.0. The number of carbonyl (C=O) groups is 1. The fourth-order valence-corrected chi connectivity index (χ4v) is 4.18. The lowest BCUT2D eigenvalue weighted by Crippen LogP contribution is -2.49. The standard InChI is InChI=1S/C21H27N7O3/c1-17(29)25-11-13-27(14-12-25)21-19(28(30)31)20(22-16-23-21)26-9-7-24(8-10-26)15-18-5-3-2-4-6-18/h2-6,16H,7-15H2,1H3. The maximum absolute atomic E-state index is 12.0. The fourth-order valence-electron chi connectivity index (χ4n) is 4.18. The van der Waals surface area contributed by atoms with Crippen LogP contribution in [-0.2, 0) is 11.3 Å². The Kier molecular flexibility index (Phi) is 6.26. The number of carbonyl (C=O) groups excluding carboxylic acids is 1. The van der Waals surface area contributed by atoms with Crippen LogP contribution in [0.4, 0.5) is 17.3 Å². The van der Waals surface area contributed by atoms with Crippen LogP contribution in [0.5, 0.6) is 0 Å². The van der Waals surface area contributed by atoms with Crippen LogP contribution in [0, 0.1) is 10.1 Å². The quantitative estimate of drug-likeness (QED) is 0.523. The van der Waals surface area contributed by atoms with E-state index in [1.54, 1.807) is 11.8 Å². The first kappa shape index (κ1) is 21.0. The van der Waals surface area contributed by atoms with Crippen molar-refractivity contribution in [3.63, 3.8) is 0 Å². The second-order valence-electron chi connectivity index (χ2n) is 7.87. The zero-order chi connectivity index (χ0) is 21.8. The van der Waals surface area contributed by atoms with Gasteiger partial charge in [-0.2, -0.15) is 0 Å². The van der Waals surface area contributed by atoms with Crippen molar-refractivity contribution in [2.45, 2.75) is 13.5 Å². The maximum Gasteiger partial charge on any atom is 0.353 e. The number of anilines is 2. The predicted molar refractivity (Wildman–Crippen MR) is 117 cm³/mol. The first-order valence-electron chi connectivity index (χ1n) is 10.5. The van der Waals surface area contributed by atoms with Gasteiger partial charge >= 0.3 is 5.69 Å². The number of hydrogen-bond donors (Lipinski definition) is 0. The van der Waals surface area contributed by atoms with E-state index in [9.17, 15) is 14.9 Å². The van der Waals surface area contributed by atoms with Crippen LogP contribution >= 0.6 is 0 Å². The summed E-state index contributed by atoms with van der Waals surface area (Å²) in [5.74, 6) is 0.735. The molecule has 10 nitrogen and oxygen atoms in total. The molecule has 2 aliphatic heterocycles. The molecule has 0 aliphatic carbocycles. The Morgan fingerprint density at radius 2 is 1.48 bits per heavy atom. The highest BCUT2D eigenvalue weighted by Crippen LogP contribution is 2.35. The average Bonchev–Trinajstić information content (AvgIpc) is 2.80. The molecular weight excluding hydrogens is 398 g/mol. The largest absolute Gasteiger partial charge is 0.353 e. The summed E-state index contributed by atoms with van der Waals surface area (Å²) >= 11 is 0. The molecule has 0 spiro atoms. The maximum atomic E-state index is 12.0. The number of nitrogens with zero attached hydrogens (tertiary/aromatic N) is 7. The van der Waals surface area contributed by atoms with Crippen molar-refractivity contribution in [2.24, 2.45) is 0 Å². The Balaban J connectivity index is 1.47. The summed E-state index contributed by atoms with van der Waals surface area (Å²) in [6, 6.07) is 10.3. The van der Waals surface area contributed by atoms with Gasteiger partial charge in [-0.3, -0.25) is 19.8 Å². The van der Waals surface area contributed by atoms with Crippen molar-refractivity contribution >= 4 is 23.2 Å². The van der Waals surface area contributed by atoms with Gasteiger partial charge < -0.3 is 14.7 Å². The lowest BCUT2D eigenvalue weighted by atomic mass is 10.2. The second-order valence-corrected chi connectivity index (χ2v) is 7.87. The number of aromatic nitrogens is 2. The molecule has 1 amide bonds. The van der Waals surface area contributed by atoms with E-state index in [-0.39, 0.29) is 16.5 Å². The van der Waals surface area contributed by atoms with Gasteiger partial charge in [0.1, 0.15) is 6.33 Å². The smallest absolute Gasteiger partial charge is 0.348 e.